The lowest BCUT2D eigenvalue weighted by atomic mass is 9.92. The van der Waals surface area contributed by atoms with E-state index in [1.54, 1.807) is 6.07 Å². The molecule has 27 heavy (non-hydrogen) atoms. The molecule has 0 saturated carbocycles. The molecule has 2 aromatic carbocycles. The highest BCUT2D eigenvalue weighted by molar-refractivity contribution is 6.42. The van der Waals surface area contributed by atoms with E-state index in [1.165, 1.54) is 0 Å². The molecule has 0 N–H and O–H groups in total. The van der Waals surface area contributed by atoms with Gasteiger partial charge in [-0.05, 0) is 43.7 Å². The van der Waals surface area contributed by atoms with Gasteiger partial charge in [0, 0.05) is 6.54 Å². The average molecular weight is 406 g/mol. The molecule has 2 aromatic rings. The van der Waals surface area contributed by atoms with E-state index < -0.39 is 5.54 Å². The van der Waals surface area contributed by atoms with Crippen LogP contribution in [0.5, 0.6) is 0 Å². The molecule has 0 amide bonds. The van der Waals surface area contributed by atoms with E-state index in [-0.39, 0.29) is 19.0 Å². The lowest BCUT2D eigenvalue weighted by molar-refractivity contribution is -0.146. The van der Waals surface area contributed by atoms with Gasteiger partial charge in [-0.3, -0.25) is 9.69 Å². The van der Waals surface area contributed by atoms with Crippen molar-refractivity contribution in [3.63, 3.8) is 0 Å². The highest BCUT2D eigenvalue weighted by atomic mass is 35.5. The Labute approximate surface area is 171 Å². The van der Waals surface area contributed by atoms with Gasteiger partial charge in [-0.2, -0.15) is 0 Å². The minimum absolute atomic E-state index is 0.242. The van der Waals surface area contributed by atoms with Crippen LogP contribution >= 0.6 is 23.2 Å². The van der Waals surface area contributed by atoms with Crippen LogP contribution in [0.15, 0.2) is 61.2 Å². The van der Waals surface area contributed by atoms with Gasteiger partial charge in [0.1, 0.15) is 6.61 Å². The summed E-state index contributed by atoms with van der Waals surface area (Å²) in [6.45, 7) is 6.82. The van der Waals surface area contributed by atoms with Gasteiger partial charge in [0.05, 0.1) is 22.0 Å². The predicted octanol–water partition coefficient (Wildman–Crippen LogP) is 5.20. The highest BCUT2D eigenvalue weighted by Gasteiger charge is 2.31. The Hall–Kier alpha value is -1.81. The number of nitrogens with zero attached hydrogens (tertiary/aromatic N) is 1. The van der Waals surface area contributed by atoms with E-state index in [0.29, 0.717) is 23.0 Å². The Morgan fingerprint density at radius 2 is 1.85 bits per heavy atom. The Kier molecular flexibility index (Phi) is 7.91. The molecule has 0 aliphatic heterocycles. The van der Waals surface area contributed by atoms with Crippen molar-refractivity contribution in [2.24, 2.45) is 0 Å². The maximum atomic E-state index is 12.3. The summed E-state index contributed by atoms with van der Waals surface area (Å²) in [6, 6.07) is 15.2. The van der Waals surface area contributed by atoms with Crippen LogP contribution in [0.4, 0.5) is 0 Å². The first-order chi connectivity index (χ1) is 12.8. The number of carbonyl (C=O) groups is 1. The minimum atomic E-state index is -0.405. The molecule has 0 bridgehead atoms. The minimum Gasteiger partial charge on any atom is -0.463 e. The maximum Gasteiger partial charge on any atom is 0.310 e. The van der Waals surface area contributed by atoms with Crippen molar-refractivity contribution in [3.8, 4) is 0 Å². The molecule has 0 fully saturated rings. The van der Waals surface area contributed by atoms with Crippen molar-refractivity contribution in [1.82, 2.24) is 4.90 Å². The second kappa shape index (κ2) is 9.93. The first-order valence-corrected chi connectivity index (χ1v) is 9.55. The lowest BCUT2D eigenvalue weighted by Gasteiger charge is -2.38. The van der Waals surface area contributed by atoms with Crippen LogP contribution in [0.25, 0.3) is 0 Å². The monoisotopic (exact) mass is 405 g/mol. The largest absolute Gasteiger partial charge is 0.463 e. The molecule has 1 atom stereocenters. The molecule has 0 spiro atoms. The first-order valence-electron chi connectivity index (χ1n) is 8.79. The van der Waals surface area contributed by atoms with Gasteiger partial charge >= 0.3 is 5.97 Å². The molecule has 5 heteroatoms. The fourth-order valence-electron chi connectivity index (χ4n) is 2.85. The zero-order valence-electron chi connectivity index (χ0n) is 15.8. The molecule has 0 radical (unpaired) electrons. The standard InChI is InChI=1S/C22H25Cl2NO2/c1-4-12-25(3)22(2,15-18-10-11-19(23)20(24)13-18)16-27-21(26)14-17-8-6-5-7-9-17/h4-11,13H,1,12,14-16H2,2-3H3. The summed E-state index contributed by atoms with van der Waals surface area (Å²) >= 11 is 12.2. The van der Waals surface area contributed by atoms with Crippen molar-refractivity contribution in [2.75, 3.05) is 20.2 Å². The maximum absolute atomic E-state index is 12.3. The summed E-state index contributed by atoms with van der Waals surface area (Å²) in [5.74, 6) is -0.242. The topological polar surface area (TPSA) is 29.5 Å². The third-order valence-electron chi connectivity index (χ3n) is 4.63. The number of esters is 1. The highest BCUT2D eigenvalue weighted by Crippen LogP contribution is 2.27. The second-order valence-electron chi connectivity index (χ2n) is 6.91. The quantitative estimate of drug-likeness (QED) is 0.424. The summed E-state index contributed by atoms with van der Waals surface area (Å²) < 4.78 is 5.63. The summed E-state index contributed by atoms with van der Waals surface area (Å²) in [6.07, 6.45) is 2.75. The summed E-state index contributed by atoms with van der Waals surface area (Å²) in [7, 11) is 1.99. The average Bonchev–Trinajstić information content (AvgIpc) is 2.64. The van der Waals surface area contributed by atoms with Gasteiger partial charge in [0.15, 0.2) is 0 Å². The molecule has 144 valence electrons. The Bertz CT molecular complexity index is 779. The van der Waals surface area contributed by atoms with Crippen LogP contribution in [0.1, 0.15) is 18.1 Å². The van der Waals surface area contributed by atoms with Crippen LogP contribution in [-0.4, -0.2) is 36.6 Å². The fourth-order valence-corrected chi connectivity index (χ4v) is 3.17. The van der Waals surface area contributed by atoms with Crippen LogP contribution in [-0.2, 0) is 22.4 Å². The Morgan fingerprint density at radius 1 is 1.15 bits per heavy atom. The molecule has 2 rings (SSSR count). The van der Waals surface area contributed by atoms with E-state index in [9.17, 15) is 4.79 Å². The van der Waals surface area contributed by atoms with Crippen molar-refractivity contribution >= 4 is 29.2 Å². The molecule has 0 aliphatic rings. The normalized spacial score (nSPS) is 13.2. The van der Waals surface area contributed by atoms with Crippen molar-refractivity contribution in [3.05, 3.63) is 82.4 Å². The number of hydrogen-bond donors (Lipinski definition) is 0. The third kappa shape index (κ3) is 6.39. The zero-order valence-corrected chi connectivity index (χ0v) is 17.3. The van der Waals surface area contributed by atoms with Crippen LogP contribution in [0.2, 0.25) is 10.0 Å². The van der Waals surface area contributed by atoms with Crippen LogP contribution in [0.3, 0.4) is 0 Å². The molecule has 0 aromatic heterocycles. The smallest absolute Gasteiger partial charge is 0.310 e. The van der Waals surface area contributed by atoms with Gasteiger partial charge in [-0.25, -0.2) is 0 Å². The molecule has 0 heterocycles. The summed E-state index contributed by atoms with van der Waals surface area (Å²) in [5.41, 5.74) is 1.56. The molecule has 0 aliphatic carbocycles. The van der Waals surface area contributed by atoms with Crippen molar-refractivity contribution in [2.45, 2.75) is 25.3 Å². The Balaban J connectivity index is 2.09. The number of benzene rings is 2. The number of hydrogen-bond acceptors (Lipinski definition) is 3. The first kappa shape index (κ1) is 21.5. The van der Waals surface area contributed by atoms with Gasteiger partial charge in [-0.1, -0.05) is 65.7 Å². The number of halogens is 2. The van der Waals surface area contributed by atoms with Crippen LogP contribution < -0.4 is 0 Å². The molecular formula is C22H25Cl2NO2. The van der Waals surface area contributed by atoms with Crippen molar-refractivity contribution < 1.29 is 9.53 Å². The van der Waals surface area contributed by atoms with E-state index in [1.807, 2.05) is 55.6 Å². The predicted molar refractivity (Wildman–Crippen MR) is 113 cm³/mol. The number of likely N-dealkylation sites (N-methyl/N-ethyl adjacent to an activating group) is 1. The third-order valence-corrected chi connectivity index (χ3v) is 5.37. The SMILES string of the molecule is C=CCN(C)C(C)(COC(=O)Cc1ccccc1)Cc1ccc(Cl)c(Cl)c1. The van der Waals surface area contributed by atoms with Gasteiger partial charge in [0.2, 0.25) is 0 Å². The Morgan fingerprint density at radius 3 is 2.48 bits per heavy atom. The second-order valence-corrected chi connectivity index (χ2v) is 7.73. The van der Waals surface area contributed by atoms with Gasteiger partial charge in [-0.15, -0.1) is 6.58 Å². The summed E-state index contributed by atoms with van der Waals surface area (Å²) in [4.78, 5) is 14.4. The zero-order chi connectivity index (χ0) is 19.9. The molecule has 3 nitrogen and oxygen atoms in total. The molecule has 1 unspecified atom stereocenters. The number of ether oxygens (including phenoxy) is 1. The molecular weight excluding hydrogens is 381 g/mol. The molecule has 0 saturated heterocycles. The fraction of sp³-hybridized carbons (Fsp3) is 0.318. The van der Waals surface area contributed by atoms with E-state index in [2.05, 4.69) is 18.4 Å². The van der Waals surface area contributed by atoms with Gasteiger partial charge in [0.25, 0.3) is 0 Å². The van der Waals surface area contributed by atoms with Gasteiger partial charge < -0.3 is 4.74 Å². The van der Waals surface area contributed by atoms with E-state index in [4.69, 9.17) is 27.9 Å². The van der Waals surface area contributed by atoms with Crippen molar-refractivity contribution in [1.29, 1.82) is 0 Å². The summed E-state index contributed by atoms with van der Waals surface area (Å²) in [5, 5.41) is 1.04. The number of rotatable bonds is 9. The lowest BCUT2D eigenvalue weighted by Crippen LogP contribution is -2.50. The van der Waals surface area contributed by atoms with Crippen LogP contribution in [0, 0.1) is 0 Å². The number of carbonyl (C=O) groups excluding carboxylic acids is 1. The van der Waals surface area contributed by atoms with E-state index >= 15 is 0 Å². The van der Waals surface area contributed by atoms with E-state index in [0.717, 1.165) is 11.1 Å².